The number of allylic oxidation sites excluding steroid dienone is 2. The van der Waals surface area contributed by atoms with Gasteiger partial charge in [0.2, 0.25) is 11.8 Å². The number of carbonyl (C=O) groups excluding carboxylic acids is 2. The quantitative estimate of drug-likeness (QED) is 0.617. The van der Waals surface area contributed by atoms with E-state index in [0.717, 1.165) is 24.0 Å². The highest BCUT2D eigenvalue weighted by Gasteiger charge is 2.56. The molecule has 108 valence electrons. The van der Waals surface area contributed by atoms with Gasteiger partial charge in [-0.1, -0.05) is 36.4 Å². The molecule has 0 radical (unpaired) electrons. The van der Waals surface area contributed by atoms with Crippen LogP contribution in [0.3, 0.4) is 0 Å². The largest absolute Gasteiger partial charge is 0.278 e. The molecule has 2 amide bonds. The molecule has 0 unspecified atom stereocenters. The highest BCUT2D eigenvalue weighted by Crippen LogP contribution is 2.49. The molecule has 4 atom stereocenters. The molecule has 21 heavy (non-hydrogen) atoms. The lowest BCUT2D eigenvalue weighted by Crippen LogP contribution is -2.38. The number of hydrogen-bond acceptors (Lipinski definition) is 2. The van der Waals surface area contributed by atoms with Crippen molar-refractivity contribution < 1.29 is 9.59 Å². The fourth-order valence-electron chi connectivity index (χ4n) is 4.25. The fraction of sp³-hybridized carbons (Fsp3) is 0.444. The summed E-state index contributed by atoms with van der Waals surface area (Å²) in [5, 5.41) is 0. The Bertz CT molecular complexity index is 616. The number of amides is 2. The third-order valence-corrected chi connectivity index (χ3v) is 5.44. The van der Waals surface area contributed by atoms with E-state index in [1.807, 2.05) is 31.2 Å². The molecule has 1 saturated carbocycles. The second kappa shape index (κ2) is 4.55. The third kappa shape index (κ3) is 1.80. The van der Waals surface area contributed by atoms with Crippen LogP contribution in [0.2, 0.25) is 0 Å². The van der Waals surface area contributed by atoms with Crippen LogP contribution in [-0.4, -0.2) is 16.7 Å². The minimum absolute atomic E-state index is 0.0484. The number of benzene rings is 1. The summed E-state index contributed by atoms with van der Waals surface area (Å²) >= 11 is 0. The molecule has 4 aliphatic rings. The average molecular weight is 281 g/mol. The van der Waals surface area contributed by atoms with E-state index in [0.29, 0.717) is 6.54 Å². The predicted molar refractivity (Wildman–Crippen MR) is 79.1 cm³/mol. The lowest BCUT2D eigenvalue weighted by Gasteiger charge is -2.38. The summed E-state index contributed by atoms with van der Waals surface area (Å²) in [6.45, 7) is 2.45. The van der Waals surface area contributed by atoms with E-state index in [1.165, 1.54) is 4.90 Å². The maximum absolute atomic E-state index is 12.7. The molecule has 5 rings (SSSR count). The van der Waals surface area contributed by atoms with Gasteiger partial charge >= 0.3 is 0 Å². The normalized spacial score (nSPS) is 33.7. The van der Waals surface area contributed by atoms with Crippen LogP contribution in [0.15, 0.2) is 36.4 Å². The Morgan fingerprint density at radius 2 is 1.57 bits per heavy atom. The van der Waals surface area contributed by atoms with Crippen LogP contribution in [0.4, 0.5) is 0 Å². The number of imide groups is 1. The summed E-state index contributed by atoms with van der Waals surface area (Å²) in [7, 11) is 0. The first-order valence-electron chi connectivity index (χ1n) is 7.75. The monoisotopic (exact) mass is 281 g/mol. The van der Waals surface area contributed by atoms with Crippen molar-refractivity contribution in [1.82, 2.24) is 4.90 Å². The van der Waals surface area contributed by atoms with Crippen LogP contribution in [-0.2, 0) is 16.1 Å². The Morgan fingerprint density at radius 1 is 1.00 bits per heavy atom. The van der Waals surface area contributed by atoms with Crippen LogP contribution in [0.1, 0.15) is 24.0 Å². The van der Waals surface area contributed by atoms with Gasteiger partial charge in [0.25, 0.3) is 0 Å². The zero-order chi connectivity index (χ0) is 14.6. The van der Waals surface area contributed by atoms with E-state index < -0.39 is 0 Å². The second-order valence-electron chi connectivity index (χ2n) is 6.53. The number of hydrogen-bond donors (Lipinski definition) is 0. The van der Waals surface area contributed by atoms with Gasteiger partial charge in [-0.15, -0.1) is 0 Å². The van der Waals surface area contributed by atoms with Crippen LogP contribution in [0, 0.1) is 30.6 Å². The molecule has 3 aliphatic carbocycles. The lowest BCUT2D eigenvalue weighted by atomic mass is 9.63. The highest BCUT2D eigenvalue weighted by molar-refractivity contribution is 6.06. The van der Waals surface area contributed by atoms with Gasteiger partial charge in [-0.2, -0.15) is 0 Å². The molecule has 0 aromatic heterocycles. The Balaban J connectivity index is 1.65. The van der Waals surface area contributed by atoms with Gasteiger partial charge in [0.1, 0.15) is 0 Å². The number of rotatable bonds is 2. The maximum atomic E-state index is 12.7. The van der Waals surface area contributed by atoms with Crippen molar-refractivity contribution >= 4 is 11.8 Å². The van der Waals surface area contributed by atoms with Gasteiger partial charge in [0.05, 0.1) is 18.4 Å². The van der Waals surface area contributed by atoms with Crippen molar-refractivity contribution in [3.63, 3.8) is 0 Å². The van der Waals surface area contributed by atoms with E-state index >= 15 is 0 Å². The highest BCUT2D eigenvalue weighted by atomic mass is 16.2. The first-order chi connectivity index (χ1) is 10.2. The molecule has 1 aromatic rings. The van der Waals surface area contributed by atoms with Gasteiger partial charge in [0, 0.05) is 0 Å². The molecular weight excluding hydrogens is 262 g/mol. The van der Waals surface area contributed by atoms with E-state index in [1.54, 1.807) is 0 Å². The van der Waals surface area contributed by atoms with Gasteiger partial charge in [-0.05, 0) is 42.7 Å². The number of nitrogens with zero attached hydrogens (tertiary/aromatic N) is 1. The summed E-state index contributed by atoms with van der Waals surface area (Å²) in [5.41, 5.74) is 2.20. The third-order valence-electron chi connectivity index (χ3n) is 5.44. The van der Waals surface area contributed by atoms with Gasteiger partial charge in [0.15, 0.2) is 0 Å². The van der Waals surface area contributed by atoms with Gasteiger partial charge in [-0.3, -0.25) is 14.5 Å². The molecule has 1 saturated heterocycles. The van der Waals surface area contributed by atoms with Crippen molar-refractivity contribution in [1.29, 1.82) is 0 Å². The lowest BCUT2D eigenvalue weighted by molar-refractivity contribution is -0.140. The minimum Gasteiger partial charge on any atom is -0.278 e. The first-order valence-corrected chi connectivity index (χ1v) is 7.75. The molecule has 1 aromatic carbocycles. The van der Waals surface area contributed by atoms with Crippen LogP contribution >= 0.6 is 0 Å². The molecule has 3 heteroatoms. The molecular formula is C18H19NO2. The molecule has 1 aliphatic heterocycles. The topological polar surface area (TPSA) is 37.4 Å². The Morgan fingerprint density at radius 3 is 2.10 bits per heavy atom. The van der Waals surface area contributed by atoms with Crippen molar-refractivity contribution in [2.75, 3.05) is 0 Å². The number of likely N-dealkylation sites (tertiary alicyclic amines) is 1. The number of fused-ring (bicyclic) bond motifs is 1. The van der Waals surface area contributed by atoms with Crippen LogP contribution in [0.5, 0.6) is 0 Å². The van der Waals surface area contributed by atoms with Crippen molar-refractivity contribution in [2.24, 2.45) is 23.7 Å². The zero-order valence-corrected chi connectivity index (χ0v) is 12.2. The van der Waals surface area contributed by atoms with E-state index in [4.69, 9.17) is 0 Å². The van der Waals surface area contributed by atoms with Crippen molar-refractivity contribution in [3.05, 3.63) is 47.5 Å². The Labute approximate surface area is 124 Å². The molecule has 1 heterocycles. The average Bonchev–Trinajstić information content (AvgIpc) is 2.78. The molecule has 2 fully saturated rings. The summed E-state index contributed by atoms with van der Waals surface area (Å²) < 4.78 is 0. The van der Waals surface area contributed by atoms with Crippen LogP contribution in [0.25, 0.3) is 0 Å². The molecule has 0 spiro atoms. The smallest absolute Gasteiger partial charge is 0.234 e. The van der Waals surface area contributed by atoms with Gasteiger partial charge < -0.3 is 0 Å². The Hall–Kier alpha value is -1.90. The van der Waals surface area contributed by atoms with Crippen molar-refractivity contribution in [3.8, 4) is 0 Å². The molecule has 2 bridgehead atoms. The summed E-state index contributed by atoms with van der Waals surface area (Å²) in [4.78, 5) is 27.0. The van der Waals surface area contributed by atoms with Crippen LogP contribution < -0.4 is 0 Å². The van der Waals surface area contributed by atoms with Gasteiger partial charge in [-0.25, -0.2) is 0 Å². The predicted octanol–water partition coefficient (Wildman–Crippen LogP) is 2.69. The van der Waals surface area contributed by atoms with E-state index in [-0.39, 0.29) is 35.5 Å². The fourth-order valence-corrected chi connectivity index (χ4v) is 4.25. The minimum atomic E-state index is -0.0923. The van der Waals surface area contributed by atoms with E-state index in [2.05, 4.69) is 12.2 Å². The Kier molecular flexibility index (Phi) is 2.78. The summed E-state index contributed by atoms with van der Waals surface area (Å²) in [6.07, 6.45) is 6.44. The van der Waals surface area contributed by atoms with Crippen molar-refractivity contribution in [2.45, 2.75) is 26.3 Å². The standard InChI is InChI=1S/C18H19NO2/c1-11-4-2-3-5-14(11)10-19-17(20)15-12-6-7-13(9-8-12)16(15)18(19)21/h2-7,12-13,15-16H,8-10H2,1H3/t12-,13+,15-,16+. The molecule has 0 N–H and O–H groups in total. The molecule has 3 nitrogen and oxygen atoms in total. The van der Waals surface area contributed by atoms with E-state index in [9.17, 15) is 9.59 Å². The number of carbonyl (C=O) groups is 2. The summed E-state index contributed by atoms with van der Waals surface area (Å²) in [6, 6.07) is 7.98. The SMILES string of the molecule is Cc1ccccc1CN1C(=O)[C@@H]2[C@H](C1=O)[C@@H]1C=C[C@H]2CC1. The maximum Gasteiger partial charge on any atom is 0.234 e. The second-order valence-corrected chi connectivity index (χ2v) is 6.53. The first kappa shape index (κ1) is 12.8. The zero-order valence-electron chi connectivity index (χ0n) is 12.2. The summed E-state index contributed by atoms with van der Waals surface area (Å²) in [5.74, 6) is 0.465. The number of aryl methyl sites for hydroxylation is 1.